The Hall–Kier alpha value is -2.63. The van der Waals surface area contributed by atoms with Crippen molar-refractivity contribution in [2.45, 2.75) is 0 Å². The van der Waals surface area contributed by atoms with Crippen LogP contribution in [0.3, 0.4) is 0 Å². The molecular weight excluding hydrogens is 222 g/mol. The van der Waals surface area contributed by atoms with Gasteiger partial charge in [0.05, 0.1) is 11.4 Å². The maximum atomic E-state index is 11.3. The monoisotopic (exact) mass is 229 g/mol. The molecule has 0 saturated carbocycles. The van der Waals surface area contributed by atoms with Crippen molar-refractivity contribution in [3.05, 3.63) is 56.2 Å². The summed E-state index contributed by atoms with van der Waals surface area (Å²) < 4.78 is 0. The van der Waals surface area contributed by atoms with Crippen LogP contribution in [0, 0.1) is 0 Å². The Morgan fingerprint density at radius 3 is 2.18 bits per heavy atom. The molecule has 0 unspecified atom stereocenters. The number of aromatic nitrogens is 2. The Labute approximate surface area is 94.3 Å². The van der Waals surface area contributed by atoms with E-state index in [4.69, 9.17) is 5.21 Å². The van der Waals surface area contributed by atoms with Gasteiger partial charge >= 0.3 is 11.1 Å². The summed E-state index contributed by atoms with van der Waals surface area (Å²) in [6, 6.07) is 7.11. The van der Waals surface area contributed by atoms with Crippen molar-refractivity contribution >= 4 is 5.71 Å². The van der Waals surface area contributed by atoms with Crippen LogP contribution in [0.1, 0.15) is 11.3 Å². The summed E-state index contributed by atoms with van der Waals surface area (Å²) in [5, 5.41) is 12.2. The third kappa shape index (κ3) is 1.17. The molecule has 3 rings (SSSR count). The first-order chi connectivity index (χ1) is 8.22. The number of H-pyrrole nitrogens is 2. The first kappa shape index (κ1) is 9.59. The number of nitrogens with zero attached hydrogens (tertiary/aromatic N) is 1. The number of nitrogens with one attached hydrogen (secondary N) is 2. The van der Waals surface area contributed by atoms with Gasteiger partial charge in [-0.2, -0.15) is 0 Å². The Kier molecular flexibility index (Phi) is 1.79. The van der Waals surface area contributed by atoms with Crippen molar-refractivity contribution < 1.29 is 5.21 Å². The molecule has 6 heteroatoms. The van der Waals surface area contributed by atoms with Gasteiger partial charge in [0, 0.05) is 11.1 Å². The van der Waals surface area contributed by atoms with E-state index in [1.165, 1.54) is 0 Å². The highest BCUT2D eigenvalue weighted by Crippen LogP contribution is 2.32. The Balaban J connectivity index is 2.48. The second-order valence-electron chi connectivity index (χ2n) is 3.65. The molecule has 0 bridgehead atoms. The quantitative estimate of drug-likeness (QED) is 0.293. The number of benzene rings is 1. The molecule has 0 saturated heterocycles. The topological polar surface area (TPSA) is 98.3 Å². The van der Waals surface area contributed by atoms with E-state index >= 15 is 0 Å². The standard InChI is InChI=1S/C11H7N3O3/c15-10-11(16)13-9-7(12-10)5-3-1-2-4-6(5)8(9)14-17/h1-4,17H,(H,12,15)(H,13,16). The van der Waals surface area contributed by atoms with Gasteiger partial charge in [-0.3, -0.25) is 9.59 Å². The van der Waals surface area contributed by atoms with Crippen LogP contribution in [0.25, 0.3) is 11.3 Å². The molecule has 0 atom stereocenters. The van der Waals surface area contributed by atoms with E-state index < -0.39 is 11.1 Å². The number of fused-ring (bicyclic) bond motifs is 3. The van der Waals surface area contributed by atoms with Crippen molar-refractivity contribution in [1.29, 1.82) is 0 Å². The van der Waals surface area contributed by atoms with Crippen LogP contribution in [-0.4, -0.2) is 20.9 Å². The summed E-state index contributed by atoms with van der Waals surface area (Å²) in [4.78, 5) is 27.4. The zero-order chi connectivity index (χ0) is 12.0. The minimum Gasteiger partial charge on any atom is -0.410 e. The lowest BCUT2D eigenvalue weighted by atomic mass is 10.1. The number of oxime groups is 1. The van der Waals surface area contributed by atoms with Crippen molar-refractivity contribution in [3.8, 4) is 11.3 Å². The van der Waals surface area contributed by atoms with E-state index in [2.05, 4.69) is 15.1 Å². The maximum absolute atomic E-state index is 11.3. The molecule has 0 spiro atoms. The van der Waals surface area contributed by atoms with Gasteiger partial charge in [0.2, 0.25) is 0 Å². The summed E-state index contributed by atoms with van der Waals surface area (Å²) in [7, 11) is 0. The van der Waals surface area contributed by atoms with Gasteiger partial charge in [0.15, 0.2) is 0 Å². The van der Waals surface area contributed by atoms with Crippen molar-refractivity contribution in [1.82, 2.24) is 9.97 Å². The lowest BCUT2D eigenvalue weighted by Crippen LogP contribution is -2.31. The van der Waals surface area contributed by atoms with E-state index in [0.717, 1.165) is 5.56 Å². The fourth-order valence-electron chi connectivity index (χ4n) is 1.99. The van der Waals surface area contributed by atoms with Gasteiger partial charge in [0.25, 0.3) is 0 Å². The van der Waals surface area contributed by atoms with Gasteiger partial charge in [-0.15, -0.1) is 0 Å². The minimum absolute atomic E-state index is 0.254. The summed E-state index contributed by atoms with van der Waals surface area (Å²) >= 11 is 0. The van der Waals surface area contributed by atoms with Crippen LogP contribution < -0.4 is 11.1 Å². The van der Waals surface area contributed by atoms with Gasteiger partial charge in [-0.05, 0) is 0 Å². The highest BCUT2D eigenvalue weighted by molar-refractivity contribution is 6.22. The lowest BCUT2D eigenvalue weighted by molar-refractivity contribution is 0.319. The SMILES string of the molecule is O=c1[nH]c2c([nH]c1=O)-c1ccccc1C2=NO. The first-order valence-corrected chi connectivity index (χ1v) is 4.91. The smallest absolute Gasteiger partial charge is 0.314 e. The molecule has 17 heavy (non-hydrogen) atoms. The average molecular weight is 229 g/mol. The molecule has 1 aromatic heterocycles. The Morgan fingerprint density at radius 2 is 1.53 bits per heavy atom. The fraction of sp³-hybridized carbons (Fsp3) is 0. The summed E-state index contributed by atoms with van der Waals surface area (Å²) in [6.45, 7) is 0. The van der Waals surface area contributed by atoms with Crippen molar-refractivity contribution in [3.63, 3.8) is 0 Å². The van der Waals surface area contributed by atoms with Crippen molar-refractivity contribution in [2.75, 3.05) is 0 Å². The second kappa shape index (κ2) is 3.18. The summed E-state index contributed by atoms with van der Waals surface area (Å²) in [6.07, 6.45) is 0. The molecule has 0 amide bonds. The second-order valence-corrected chi connectivity index (χ2v) is 3.65. The number of rotatable bonds is 0. The summed E-state index contributed by atoms with van der Waals surface area (Å²) in [5.41, 5.74) is 0.960. The third-order valence-electron chi connectivity index (χ3n) is 2.72. The molecule has 0 radical (unpaired) electrons. The predicted molar refractivity (Wildman–Crippen MR) is 60.5 cm³/mol. The molecule has 0 fully saturated rings. The molecular formula is C11H7N3O3. The van der Waals surface area contributed by atoms with E-state index in [1.807, 2.05) is 0 Å². The fourth-order valence-corrected chi connectivity index (χ4v) is 1.99. The van der Waals surface area contributed by atoms with Crippen LogP contribution in [0.5, 0.6) is 0 Å². The zero-order valence-electron chi connectivity index (χ0n) is 8.52. The molecule has 1 aliphatic rings. The minimum atomic E-state index is -0.766. The van der Waals surface area contributed by atoms with Gasteiger partial charge < -0.3 is 15.2 Å². The first-order valence-electron chi connectivity index (χ1n) is 4.91. The number of hydrogen-bond donors (Lipinski definition) is 3. The number of aromatic amines is 2. The average Bonchev–Trinajstić information content (AvgIpc) is 2.63. The van der Waals surface area contributed by atoms with E-state index in [1.54, 1.807) is 24.3 Å². The van der Waals surface area contributed by atoms with Crippen molar-refractivity contribution in [2.24, 2.45) is 5.16 Å². The van der Waals surface area contributed by atoms with Crippen LogP contribution in [0.4, 0.5) is 0 Å². The highest BCUT2D eigenvalue weighted by atomic mass is 16.4. The molecule has 1 heterocycles. The molecule has 0 aliphatic heterocycles. The molecule has 84 valence electrons. The van der Waals surface area contributed by atoms with Crippen LogP contribution in [0.15, 0.2) is 39.0 Å². The van der Waals surface area contributed by atoms with Gasteiger partial charge in [-0.25, -0.2) is 0 Å². The zero-order valence-corrected chi connectivity index (χ0v) is 8.52. The third-order valence-corrected chi connectivity index (χ3v) is 2.72. The van der Waals surface area contributed by atoms with E-state index in [9.17, 15) is 9.59 Å². The molecule has 6 nitrogen and oxygen atoms in total. The Bertz CT molecular complexity index is 755. The summed E-state index contributed by atoms with van der Waals surface area (Å²) in [5.74, 6) is 0. The normalized spacial score (nSPS) is 14.7. The lowest BCUT2D eigenvalue weighted by Gasteiger charge is -1.97. The van der Waals surface area contributed by atoms with Crippen LogP contribution in [0.2, 0.25) is 0 Å². The molecule has 1 aliphatic carbocycles. The van der Waals surface area contributed by atoms with Gasteiger partial charge in [0.1, 0.15) is 5.71 Å². The van der Waals surface area contributed by atoms with E-state index in [-0.39, 0.29) is 5.71 Å². The highest BCUT2D eigenvalue weighted by Gasteiger charge is 2.27. The van der Waals surface area contributed by atoms with E-state index in [0.29, 0.717) is 17.0 Å². The molecule has 1 aromatic carbocycles. The maximum Gasteiger partial charge on any atom is 0.314 e. The number of hydrogen-bond acceptors (Lipinski definition) is 4. The van der Waals surface area contributed by atoms with Crippen LogP contribution >= 0.6 is 0 Å². The molecule has 3 N–H and O–H groups in total. The Morgan fingerprint density at radius 1 is 0.941 bits per heavy atom. The predicted octanol–water partition coefficient (Wildman–Crippen LogP) is 0.270. The van der Waals surface area contributed by atoms with Crippen LogP contribution in [-0.2, 0) is 0 Å². The molecule has 2 aromatic rings. The largest absolute Gasteiger partial charge is 0.410 e. The van der Waals surface area contributed by atoms with Gasteiger partial charge in [-0.1, -0.05) is 29.4 Å².